The van der Waals surface area contributed by atoms with Crippen LogP contribution in [0.4, 0.5) is 0 Å². The van der Waals surface area contributed by atoms with Crippen LogP contribution >= 0.6 is 11.6 Å². The van der Waals surface area contributed by atoms with Crippen LogP contribution in [0.5, 0.6) is 0 Å². The number of halogens is 1. The molecule has 0 unspecified atom stereocenters. The minimum absolute atomic E-state index is 0.343. The fourth-order valence-corrected chi connectivity index (χ4v) is 2.22. The van der Waals surface area contributed by atoms with Gasteiger partial charge in [0.25, 0.3) is 0 Å². The number of aryl methyl sites for hydroxylation is 1. The summed E-state index contributed by atoms with van der Waals surface area (Å²) in [4.78, 5) is 0. The molecule has 96 valence electrons. The lowest BCUT2D eigenvalue weighted by atomic mass is 10.0. The predicted octanol–water partition coefficient (Wildman–Crippen LogP) is 4.82. The first-order chi connectivity index (χ1) is 9.29. The van der Waals surface area contributed by atoms with Crippen LogP contribution in [0, 0.1) is 0 Å². The van der Waals surface area contributed by atoms with Crippen LogP contribution in [-0.2, 0) is 6.42 Å². The Morgan fingerprint density at radius 2 is 1.89 bits per heavy atom. The summed E-state index contributed by atoms with van der Waals surface area (Å²) in [6, 6.07) is 13.5. The summed E-state index contributed by atoms with van der Waals surface area (Å²) < 4.78 is 10.8. The molecule has 3 rings (SSSR count). The molecule has 4 heteroatoms. The van der Waals surface area contributed by atoms with Crippen LogP contribution < -0.4 is 0 Å². The van der Waals surface area contributed by atoms with Crippen molar-refractivity contribution in [2.24, 2.45) is 0 Å². The molecule has 0 amide bonds. The van der Waals surface area contributed by atoms with Gasteiger partial charge in [-0.3, -0.25) is 0 Å². The topological polar surface area (TPSA) is 39.2 Å². The molecule has 0 bridgehead atoms. The zero-order chi connectivity index (χ0) is 13.2. The Morgan fingerprint density at radius 3 is 2.53 bits per heavy atom. The van der Waals surface area contributed by atoms with Gasteiger partial charge in [0, 0.05) is 6.42 Å². The predicted molar refractivity (Wildman–Crippen MR) is 74.0 cm³/mol. The number of benzene rings is 1. The third-order valence-corrected chi connectivity index (χ3v) is 3.16. The van der Waals surface area contributed by atoms with Crippen LogP contribution in [-0.4, -0.2) is 5.16 Å². The lowest BCUT2D eigenvalue weighted by molar-refractivity contribution is 0.387. The number of aromatic nitrogens is 1. The molecule has 0 spiro atoms. The molecule has 0 saturated heterocycles. The van der Waals surface area contributed by atoms with Gasteiger partial charge in [0.2, 0.25) is 0 Å². The summed E-state index contributed by atoms with van der Waals surface area (Å²) >= 11 is 5.82. The summed E-state index contributed by atoms with van der Waals surface area (Å²) in [6.07, 6.45) is 0.770. The van der Waals surface area contributed by atoms with Crippen molar-refractivity contribution in [3.8, 4) is 22.6 Å². The van der Waals surface area contributed by atoms with Gasteiger partial charge in [-0.2, -0.15) is 0 Å². The lowest BCUT2D eigenvalue weighted by Crippen LogP contribution is -1.84. The maximum Gasteiger partial charge on any atom is 0.194 e. The standard InChI is InChI=1S/C15H12ClNO2/c1-2-11-14(10-6-4-3-5-7-10)15(17-19-11)12-8-9-13(16)18-12/h3-9H,2H2,1H3. The first-order valence-corrected chi connectivity index (χ1v) is 6.47. The summed E-state index contributed by atoms with van der Waals surface area (Å²) in [5.74, 6) is 1.46. The van der Waals surface area contributed by atoms with Crippen molar-refractivity contribution in [3.63, 3.8) is 0 Å². The van der Waals surface area contributed by atoms with Crippen molar-refractivity contribution in [1.82, 2.24) is 5.16 Å². The van der Waals surface area contributed by atoms with E-state index in [0.29, 0.717) is 16.7 Å². The van der Waals surface area contributed by atoms with Crippen LogP contribution in [0.3, 0.4) is 0 Å². The first-order valence-electron chi connectivity index (χ1n) is 6.09. The highest BCUT2D eigenvalue weighted by molar-refractivity contribution is 6.29. The van der Waals surface area contributed by atoms with E-state index in [1.54, 1.807) is 12.1 Å². The van der Waals surface area contributed by atoms with Crippen molar-refractivity contribution in [1.29, 1.82) is 0 Å². The second kappa shape index (κ2) is 4.94. The van der Waals surface area contributed by atoms with Gasteiger partial charge in [0.05, 0.1) is 5.56 Å². The molecule has 0 saturated carbocycles. The molecule has 2 heterocycles. The van der Waals surface area contributed by atoms with E-state index in [9.17, 15) is 0 Å². The summed E-state index contributed by atoms with van der Waals surface area (Å²) in [5.41, 5.74) is 2.71. The minimum Gasteiger partial charge on any atom is -0.443 e. The quantitative estimate of drug-likeness (QED) is 0.687. The molecule has 1 aromatic carbocycles. The van der Waals surface area contributed by atoms with Gasteiger partial charge in [-0.15, -0.1) is 0 Å². The summed E-state index contributed by atoms with van der Waals surface area (Å²) in [6.45, 7) is 2.03. The third kappa shape index (κ3) is 2.17. The van der Waals surface area contributed by atoms with E-state index in [2.05, 4.69) is 5.16 Å². The van der Waals surface area contributed by atoms with Crippen molar-refractivity contribution in [3.05, 3.63) is 53.4 Å². The van der Waals surface area contributed by atoms with E-state index in [1.807, 2.05) is 37.3 Å². The number of nitrogens with zero attached hydrogens (tertiary/aromatic N) is 1. The van der Waals surface area contributed by atoms with Crippen LogP contribution in [0.1, 0.15) is 12.7 Å². The lowest BCUT2D eigenvalue weighted by Gasteiger charge is -2.01. The molecule has 3 nitrogen and oxygen atoms in total. The van der Waals surface area contributed by atoms with Gasteiger partial charge in [-0.1, -0.05) is 42.4 Å². The molecule has 0 aliphatic heterocycles. The molecule has 0 radical (unpaired) electrons. The van der Waals surface area contributed by atoms with Gasteiger partial charge in [-0.25, -0.2) is 0 Å². The molecule has 0 N–H and O–H groups in total. The van der Waals surface area contributed by atoms with E-state index in [1.165, 1.54) is 0 Å². The maximum atomic E-state index is 5.82. The maximum absolute atomic E-state index is 5.82. The minimum atomic E-state index is 0.343. The Kier molecular flexibility index (Phi) is 3.13. The van der Waals surface area contributed by atoms with Crippen LogP contribution in [0.2, 0.25) is 5.22 Å². The molecule has 0 aliphatic rings. The highest BCUT2D eigenvalue weighted by Gasteiger charge is 2.20. The summed E-state index contributed by atoms with van der Waals surface area (Å²) in [5, 5.41) is 4.46. The Labute approximate surface area is 115 Å². The van der Waals surface area contributed by atoms with Gasteiger partial charge in [-0.05, 0) is 29.3 Å². The van der Waals surface area contributed by atoms with E-state index < -0.39 is 0 Å². The van der Waals surface area contributed by atoms with Crippen molar-refractivity contribution < 1.29 is 8.94 Å². The second-order valence-corrected chi connectivity index (χ2v) is 4.53. The van der Waals surface area contributed by atoms with Crippen molar-refractivity contribution >= 4 is 11.6 Å². The molecule has 2 aromatic heterocycles. The van der Waals surface area contributed by atoms with Crippen molar-refractivity contribution in [2.45, 2.75) is 13.3 Å². The monoisotopic (exact) mass is 273 g/mol. The Bertz CT molecular complexity index is 685. The average molecular weight is 274 g/mol. The first kappa shape index (κ1) is 12.1. The fourth-order valence-electron chi connectivity index (χ4n) is 2.08. The summed E-state index contributed by atoms with van der Waals surface area (Å²) in [7, 11) is 0. The Hall–Kier alpha value is -2.00. The van der Waals surface area contributed by atoms with Crippen LogP contribution in [0.25, 0.3) is 22.6 Å². The number of furan rings is 1. The van der Waals surface area contributed by atoms with E-state index in [-0.39, 0.29) is 0 Å². The van der Waals surface area contributed by atoms with Crippen LogP contribution in [0.15, 0.2) is 51.4 Å². The number of hydrogen-bond acceptors (Lipinski definition) is 3. The zero-order valence-electron chi connectivity index (χ0n) is 10.4. The highest BCUT2D eigenvalue weighted by atomic mass is 35.5. The molecule has 0 atom stereocenters. The molecular formula is C15H12ClNO2. The second-order valence-electron chi connectivity index (χ2n) is 4.15. The molecular weight excluding hydrogens is 262 g/mol. The number of rotatable bonds is 3. The normalized spacial score (nSPS) is 10.8. The van der Waals surface area contributed by atoms with E-state index in [0.717, 1.165) is 23.3 Å². The SMILES string of the molecule is CCc1onc(-c2ccc(Cl)o2)c1-c1ccccc1. The van der Waals surface area contributed by atoms with Crippen molar-refractivity contribution in [2.75, 3.05) is 0 Å². The Balaban J connectivity index is 2.19. The molecule has 0 fully saturated rings. The highest BCUT2D eigenvalue weighted by Crippen LogP contribution is 2.36. The van der Waals surface area contributed by atoms with Gasteiger partial charge in [0.15, 0.2) is 16.7 Å². The van der Waals surface area contributed by atoms with Gasteiger partial charge >= 0.3 is 0 Å². The Morgan fingerprint density at radius 1 is 1.11 bits per heavy atom. The van der Waals surface area contributed by atoms with E-state index >= 15 is 0 Å². The average Bonchev–Trinajstić information content (AvgIpc) is 3.05. The molecule has 0 aliphatic carbocycles. The van der Waals surface area contributed by atoms with E-state index in [4.69, 9.17) is 20.5 Å². The van der Waals surface area contributed by atoms with Gasteiger partial charge < -0.3 is 8.94 Å². The van der Waals surface area contributed by atoms with Gasteiger partial charge in [0.1, 0.15) is 5.76 Å². The fraction of sp³-hybridized carbons (Fsp3) is 0.133. The third-order valence-electron chi connectivity index (χ3n) is 2.95. The molecule has 3 aromatic rings. The largest absolute Gasteiger partial charge is 0.443 e. The number of hydrogen-bond donors (Lipinski definition) is 0. The zero-order valence-corrected chi connectivity index (χ0v) is 11.1. The smallest absolute Gasteiger partial charge is 0.194 e. The molecule has 19 heavy (non-hydrogen) atoms.